The molecule has 0 amide bonds. The van der Waals surface area contributed by atoms with Crippen molar-refractivity contribution in [1.82, 2.24) is 0 Å². The maximum Gasteiger partial charge on any atom is 0.306 e. The molecule has 0 aliphatic heterocycles. The van der Waals surface area contributed by atoms with E-state index in [1.165, 1.54) is 11.1 Å². The zero-order valence-electron chi connectivity index (χ0n) is 22.3. The summed E-state index contributed by atoms with van der Waals surface area (Å²) in [5, 5.41) is 32.7. The van der Waals surface area contributed by atoms with Gasteiger partial charge in [0, 0.05) is 11.3 Å². The van der Waals surface area contributed by atoms with Gasteiger partial charge in [-0.1, -0.05) is 72.8 Å². The fourth-order valence-corrected chi connectivity index (χ4v) is 8.70. The molecule has 4 aliphatic rings. The molecule has 0 spiro atoms. The molecule has 0 aromatic heterocycles. The number of carboxylic acid groups (broad SMARTS) is 1. The molecule has 190 valence electrons. The monoisotopic (exact) mass is 470 g/mol. The van der Waals surface area contributed by atoms with Crippen LogP contribution < -0.4 is 0 Å². The van der Waals surface area contributed by atoms with Crippen molar-refractivity contribution in [1.29, 1.82) is 0 Å². The Morgan fingerprint density at radius 2 is 1.74 bits per heavy atom. The number of carbonyl (C=O) groups is 1. The van der Waals surface area contributed by atoms with Crippen LogP contribution in [0, 0.1) is 45.3 Å². The zero-order chi connectivity index (χ0) is 25.4. The minimum atomic E-state index is -0.800. The number of aliphatic hydroxyl groups is 2. The van der Waals surface area contributed by atoms with Crippen LogP contribution in [0.3, 0.4) is 0 Å². The third-order valence-corrected chi connectivity index (χ3v) is 11.3. The van der Waals surface area contributed by atoms with Crippen molar-refractivity contribution in [3.63, 3.8) is 0 Å². The second kappa shape index (κ2) is 8.06. The molecule has 4 heteroatoms. The van der Waals surface area contributed by atoms with Crippen LogP contribution in [0.5, 0.6) is 0 Å². The maximum absolute atomic E-state index is 12.5. The predicted octanol–water partition coefficient (Wildman–Crippen LogP) is 6.15. The van der Waals surface area contributed by atoms with Crippen LogP contribution in [0.15, 0.2) is 35.5 Å². The van der Waals surface area contributed by atoms with E-state index < -0.39 is 18.0 Å². The Labute approximate surface area is 206 Å². The van der Waals surface area contributed by atoms with Crippen LogP contribution >= 0.6 is 0 Å². The smallest absolute Gasteiger partial charge is 0.306 e. The van der Waals surface area contributed by atoms with Gasteiger partial charge >= 0.3 is 5.97 Å². The quantitative estimate of drug-likeness (QED) is 0.407. The van der Waals surface area contributed by atoms with Crippen LogP contribution in [0.2, 0.25) is 0 Å². The van der Waals surface area contributed by atoms with E-state index in [0.717, 1.165) is 24.8 Å². The summed E-state index contributed by atoms with van der Waals surface area (Å²) in [6, 6.07) is 0. The largest absolute Gasteiger partial charge is 0.481 e. The highest BCUT2D eigenvalue weighted by Crippen LogP contribution is 2.72. The van der Waals surface area contributed by atoms with Crippen molar-refractivity contribution >= 4 is 5.97 Å². The summed E-state index contributed by atoms with van der Waals surface area (Å²) >= 11 is 0. The number of aliphatic hydroxyl groups excluding tert-OH is 2. The third-order valence-electron chi connectivity index (χ3n) is 11.3. The second-order valence-electron chi connectivity index (χ2n) is 13.5. The summed E-state index contributed by atoms with van der Waals surface area (Å²) in [4.78, 5) is 12.5. The number of fused-ring (bicyclic) bond motifs is 5. The summed E-state index contributed by atoms with van der Waals surface area (Å²) in [5.41, 5.74) is 2.90. The molecule has 0 saturated heterocycles. The van der Waals surface area contributed by atoms with E-state index in [0.29, 0.717) is 31.1 Å². The molecule has 0 radical (unpaired) electrons. The van der Waals surface area contributed by atoms with E-state index in [4.69, 9.17) is 0 Å². The molecule has 2 fully saturated rings. The van der Waals surface area contributed by atoms with E-state index in [2.05, 4.69) is 67.2 Å². The van der Waals surface area contributed by atoms with Gasteiger partial charge in [0.2, 0.25) is 0 Å². The fraction of sp³-hybridized carbons (Fsp3) is 0.767. The van der Waals surface area contributed by atoms with E-state index >= 15 is 0 Å². The molecule has 1 unspecified atom stereocenters. The molecule has 0 heterocycles. The number of carboxylic acids is 1. The average Bonchev–Trinajstić information content (AvgIpc) is 3.04. The average molecular weight is 471 g/mol. The highest BCUT2D eigenvalue weighted by molar-refractivity contribution is 5.71. The summed E-state index contributed by atoms with van der Waals surface area (Å²) in [6.07, 6.45) is 8.02. The Balaban J connectivity index is 1.72. The number of aliphatic carboxylic acids is 1. The van der Waals surface area contributed by atoms with Gasteiger partial charge in [-0.2, -0.15) is 0 Å². The standard InChI is InChI=1S/C30H46O4/c1-17(2)18(3)9-10-19(26(33)34)25-22(31)15-30(8)21-11-12-23-27(4,5)24(32)16-28(23,6)20(21)13-14-29(25,30)7/h11,13,17,19,22-25,31-32H,3,9-10,12,14-16H2,1-2,4-8H3,(H,33,34)/t19-,22-,23+,24?,25+,28-,29-,30+/m1/s1. The van der Waals surface area contributed by atoms with Crippen LogP contribution in [-0.2, 0) is 4.79 Å². The molecule has 8 atom stereocenters. The Hall–Kier alpha value is -1.39. The number of rotatable bonds is 6. The minimum Gasteiger partial charge on any atom is -0.481 e. The summed E-state index contributed by atoms with van der Waals surface area (Å²) < 4.78 is 0. The van der Waals surface area contributed by atoms with Gasteiger partial charge in [0.1, 0.15) is 0 Å². The topological polar surface area (TPSA) is 77.8 Å². The normalized spacial score (nSPS) is 43.5. The van der Waals surface area contributed by atoms with Gasteiger partial charge in [0.25, 0.3) is 0 Å². The van der Waals surface area contributed by atoms with E-state index in [1.807, 2.05) is 0 Å². The molecule has 0 bridgehead atoms. The number of hydrogen-bond donors (Lipinski definition) is 3. The van der Waals surface area contributed by atoms with Gasteiger partial charge in [0.15, 0.2) is 0 Å². The molecule has 4 rings (SSSR count). The van der Waals surface area contributed by atoms with Crippen LogP contribution in [0.1, 0.15) is 87.0 Å². The van der Waals surface area contributed by atoms with Gasteiger partial charge in [-0.3, -0.25) is 4.79 Å². The Morgan fingerprint density at radius 3 is 2.32 bits per heavy atom. The molecule has 0 aromatic rings. The van der Waals surface area contributed by atoms with Crippen molar-refractivity contribution in [3.05, 3.63) is 35.5 Å². The number of hydrogen-bond acceptors (Lipinski definition) is 3. The lowest BCUT2D eigenvalue weighted by Crippen LogP contribution is -2.48. The van der Waals surface area contributed by atoms with Crippen molar-refractivity contribution in [2.75, 3.05) is 0 Å². The van der Waals surface area contributed by atoms with Crippen molar-refractivity contribution in [3.8, 4) is 0 Å². The van der Waals surface area contributed by atoms with Gasteiger partial charge in [-0.15, -0.1) is 0 Å². The van der Waals surface area contributed by atoms with Gasteiger partial charge in [0.05, 0.1) is 18.1 Å². The first kappa shape index (κ1) is 25.7. The summed E-state index contributed by atoms with van der Waals surface area (Å²) in [6.45, 7) is 19.5. The molecule has 0 aromatic carbocycles. The van der Waals surface area contributed by atoms with Crippen molar-refractivity contribution in [2.24, 2.45) is 45.3 Å². The Bertz CT molecular complexity index is 941. The Morgan fingerprint density at radius 1 is 1.09 bits per heavy atom. The summed E-state index contributed by atoms with van der Waals surface area (Å²) in [7, 11) is 0. The first-order valence-corrected chi connectivity index (χ1v) is 13.3. The zero-order valence-corrected chi connectivity index (χ0v) is 22.3. The van der Waals surface area contributed by atoms with E-state index in [9.17, 15) is 20.1 Å². The first-order chi connectivity index (χ1) is 15.6. The van der Waals surface area contributed by atoms with Crippen LogP contribution in [0.4, 0.5) is 0 Å². The summed E-state index contributed by atoms with van der Waals surface area (Å²) in [5.74, 6) is -0.979. The molecule has 2 saturated carbocycles. The lowest BCUT2D eigenvalue weighted by molar-refractivity contribution is -0.148. The predicted molar refractivity (Wildman–Crippen MR) is 136 cm³/mol. The molecule has 34 heavy (non-hydrogen) atoms. The second-order valence-corrected chi connectivity index (χ2v) is 13.5. The highest BCUT2D eigenvalue weighted by atomic mass is 16.4. The molecular weight excluding hydrogens is 424 g/mol. The van der Waals surface area contributed by atoms with E-state index in [1.54, 1.807) is 0 Å². The Kier molecular flexibility index (Phi) is 6.09. The highest BCUT2D eigenvalue weighted by Gasteiger charge is 2.67. The van der Waals surface area contributed by atoms with E-state index in [-0.39, 0.29) is 33.7 Å². The molecular formula is C30H46O4. The number of allylic oxidation sites excluding steroid dienone is 5. The lowest BCUT2D eigenvalue weighted by Gasteiger charge is -2.55. The maximum atomic E-state index is 12.5. The van der Waals surface area contributed by atoms with Gasteiger partial charge in [-0.05, 0) is 77.8 Å². The first-order valence-electron chi connectivity index (χ1n) is 13.3. The van der Waals surface area contributed by atoms with Gasteiger partial charge in [-0.25, -0.2) is 0 Å². The molecule has 4 nitrogen and oxygen atoms in total. The van der Waals surface area contributed by atoms with Crippen molar-refractivity contribution in [2.45, 2.75) is 99.2 Å². The molecule has 3 N–H and O–H groups in total. The van der Waals surface area contributed by atoms with Crippen LogP contribution in [0.25, 0.3) is 0 Å². The van der Waals surface area contributed by atoms with Crippen LogP contribution in [-0.4, -0.2) is 33.5 Å². The third kappa shape index (κ3) is 3.34. The lowest BCUT2D eigenvalue weighted by atomic mass is 9.48. The van der Waals surface area contributed by atoms with Crippen molar-refractivity contribution < 1.29 is 20.1 Å². The fourth-order valence-electron chi connectivity index (χ4n) is 8.70. The van der Waals surface area contributed by atoms with Gasteiger partial charge < -0.3 is 15.3 Å². The molecule has 4 aliphatic carbocycles. The minimum absolute atomic E-state index is 0.0818. The SMILES string of the molecule is C=C(CC[C@@H](C(=O)O)[C@H]1[C@H](O)C[C@@]2(C)C3=CC[C@H]4C(C)(C)C(O)C[C@]4(C)C3=CC[C@]12C)C(C)C.